The van der Waals surface area contributed by atoms with Crippen LogP contribution >= 0.6 is 0 Å². The van der Waals surface area contributed by atoms with Crippen LogP contribution in [0, 0.1) is 0 Å². The summed E-state index contributed by atoms with van der Waals surface area (Å²) < 4.78 is 29.3. The number of para-hydroxylation sites is 1. The number of hydrogen-bond donors (Lipinski definition) is 3. The first-order chi connectivity index (χ1) is 13.5. The molecule has 28 heavy (non-hydrogen) atoms. The van der Waals surface area contributed by atoms with Crippen molar-refractivity contribution in [1.82, 2.24) is 15.3 Å². The number of nitrogens with one attached hydrogen (secondary N) is 2. The normalized spacial score (nSPS) is 15.5. The Labute approximate surface area is 163 Å². The average Bonchev–Trinajstić information content (AvgIpc) is 2.69. The lowest BCUT2D eigenvalue weighted by Crippen LogP contribution is -2.34. The van der Waals surface area contributed by atoms with Gasteiger partial charge in [-0.2, -0.15) is 0 Å². The zero-order valence-electron chi connectivity index (χ0n) is 15.1. The summed E-state index contributed by atoms with van der Waals surface area (Å²) in [5, 5.41) is 12.4. The van der Waals surface area contributed by atoms with Crippen LogP contribution in [0.15, 0.2) is 53.6 Å². The first-order valence-electron chi connectivity index (χ1n) is 9.02. The van der Waals surface area contributed by atoms with Gasteiger partial charge in [0.1, 0.15) is 17.4 Å². The highest BCUT2D eigenvalue weighted by atomic mass is 32.2. The van der Waals surface area contributed by atoms with E-state index in [4.69, 9.17) is 9.88 Å². The highest BCUT2D eigenvalue weighted by Gasteiger charge is 2.16. The Morgan fingerprint density at radius 3 is 2.71 bits per heavy atom. The van der Waals surface area contributed by atoms with E-state index in [2.05, 4.69) is 20.6 Å². The second kappa shape index (κ2) is 7.70. The van der Waals surface area contributed by atoms with E-state index in [1.165, 1.54) is 12.1 Å². The van der Waals surface area contributed by atoms with Crippen LogP contribution in [0.2, 0.25) is 0 Å². The standard InChI is InChI=1S/C19H21N5O3S/c20-28(25,26)16-5-2-4-14(11-16)23-19-22-12-13-3-1-6-17(18(13)24-19)27-15-7-9-21-10-8-15/h1-6,11-12,15,21H,7-10H2,(H2,20,25,26)(H,22,23,24). The molecular formula is C19H21N5O3S. The topological polar surface area (TPSA) is 119 Å². The average molecular weight is 399 g/mol. The van der Waals surface area contributed by atoms with Gasteiger partial charge in [-0.25, -0.2) is 23.5 Å². The number of sulfonamides is 1. The minimum absolute atomic E-state index is 0.0215. The molecule has 0 spiro atoms. The minimum Gasteiger partial charge on any atom is -0.488 e. The molecule has 0 atom stereocenters. The van der Waals surface area contributed by atoms with Gasteiger partial charge in [-0.05, 0) is 50.2 Å². The predicted octanol–water partition coefficient (Wildman–Crippen LogP) is 2.15. The maximum absolute atomic E-state index is 11.5. The third-order valence-corrected chi connectivity index (χ3v) is 5.48. The van der Waals surface area contributed by atoms with Gasteiger partial charge in [0, 0.05) is 17.3 Å². The number of anilines is 2. The molecule has 0 unspecified atom stereocenters. The van der Waals surface area contributed by atoms with E-state index in [0.29, 0.717) is 22.9 Å². The Hall–Kier alpha value is -2.75. The summed E-state index contributed by atoms with van der Waals surface area (Å²) in [6.45, 7) is 1.88. The van der Waals surface area contributed by atoms with Gasteiger partial charge in [0.2, 0.25) is 16.0 Å². The monoisotopic (exact) mass is 399 g/mol. The number of primary sulfonamides is 1. The lowest BCUT2D eigenvalue weighted by Gasteiger charge is -2.24. The summed E-state index contributed by atoms with van der Waals surface area (Å²) in [7, 11) is -3.78. The molecule has 0 aliphatic carbocycles. The van der Waals surface area contributed by atoms with Crippen molar-refractivity contribution in [2.75, 3.05) is 18.4 Å². The highest BCUT2D eigenvalue weighted by Crippen LogP contribution is 2.27. The Bertz CT molecular complexity index is 1100. The number of hydrogen-bond acceptors (Lipinski definition) is 7. The van der Waals surface area contributed by atoms with Gasteiger partial charge in [0.25, 0.3) is 0 Å². The van der Waals surface area contributed by atoms with Crippen molar-refractivity contribution >= 4 is 32.6 Å². The van der Waals surface area contributed by atoms with Crippen molar-refractivity contribution in [3.05, 3.63) is 48.7 Å². The van der Waals surface area contributed by atoms with Gasteiger partial charge in [-0.1, -0.05) is 18.2 Å². The van der Waals surface area contributed by atoms with Crippen LogP contribution in [0.5, 0.6) is 5.75 Å². The molecule has 1 aliphatic rings. The van der Waals surface area contributed by atoms with E-state index >= 15 is 0 Å². The zero-order chi connectivity index (χ0) is 19.6. The second-order valence-electron chi connectivity index (χ2n) is 6.65. The van der Waals surface area contributed by atoms with Gasteiger partial charge >= 0.3 is 0 Å². The van der Waals surface area contributed by atoms with E-state index in [1.807, 2.05) is 18.2 Å². The van der Waals surface area contributed by atoms with Crippen molar-refractivity contribution < 1.29 is 13.2 Å². The summed E-state index contributed by atoms with van der Waals surface area (Å²) in [4.78, 5) is 8.92. The fraction of sp³-hybridized carbons (Fsp3) is 0.263. The number of nitrogens with two attached hydrogens (primary N) is 1. The number of aromatic nitrogens is 2. The molecule has 4 rings (SSSR count). The molecule has 1 saturated heterocycles. The SMILES string of the molecule is NS(=O)(=O)c1cccc(Nc2ncc3cccc(OC4CCNCC4)c3n2)c1. The van der Waals surface area contributed by atoms with Crippen LogP contribution in [-0.2, 0) is 10.0 Å². The van der Waals surface area contributed by atoms with Gasteiger partial charge in [-0.3, -0.25) is 0 Å². The lowest BCUT2D eigenvalue weighted by molar-refractivity contribution is 0.164. The Morgan fingerprint density at radius 1 is 1.14 bits per heavy atom. The van der Waals surface area contributed by atoms with E-state index in [0.717, 1.165) is 31.3 Å². The van der Waals surface area contributed by atoms with Crippen molar-refractivity contribution in [2.45, 2.75) is 23.8 Å². The van der Waals surface area contributed by atoms with Crippen molar-refractivity contribution in [3.63, 3.8) is 0 Å². The number of nitrogens with zero attached hydrogens (tertiary/aromatic N) is 2. The van der Waals surface area contributed by atoms with Crippen LogP contribution in [-0.4, -0.2) is 37.6 Å². The molecule has 0 amide bonds. The van der Waals surface area contributed by atoms with E-state index in [9.17, 15) is 8.42 Å². The molecule has 2 aromatic carbocycles. The molecule has 1 aliphatic heterocycles. The largest absolute Gasteiger partial charge is 0.488 e. The molecule has 146 valence electrons. The lowest BCUT2D eigenvalue weighted by atomic mass is 10.1. The maximum Gasteiger partial charge on any atom is 0.238 e. The molecule has 1 aromatic heterocycles. The number of rotatable bonds is 5. The molecule has 0 saturated carbocycles. The Kier molecular flexibility index (Phi) is 5.12. The van der Waals surface area contributed by atoms with E-state index in [-0.39, 0.29) is 11.0 Å². The molecule has 9 heteroatoms. The number of fused-ring (bicyclic) bond motifs is 1. The molecular weight excluding hydrogens is 378 g/mol. The first kappa shape index (κ1) is 18.6. The molecule has 2 heterocycles. The van der Waals surface area contributed by atoms with E-state index < -0.39 is 10.0 Å². The van der Waals surface area contributed by atoms with Crippen LogP contribution < -0.4 is 20.5 Å². The quantitative estimate of drug-likeness (QED) is 0.601. The Morgan fingerprint density at radius 2 is 1.93 bits per heavy atom. The summed E-state index contributed by atoms with van der Waals surface area (Å²) in [5.74, 6) is 1.06. The molecule has 1 fully saturated rings. The predicted molar refractivity (Wildman–Crippen MR) is 107 cm³/mol. The Balaban J connectivity index is 1.63. The summed E-state index contributed by atoms with van der Waals surface area (Å²) >= 11 is 0. The fourth-order valence-electron chi connectivity index (χ4n) is 3.16. The molecule has 8 nitrogen and oxygen atoms in total. The molecule has 0 bridgehead atoms. The molecule has 3 aromatic rings. The smallest absolute Gasteiger partial charge is 0.238 e. The van der Waals surface area contributed by atoms with Crippen LogP contribution in [0.25, 0.3) is 10.9 Å². The maximum atomic E-state index is 11.5. The minimum atomic E-state index is -3.78. The van der Waals surface area contributed by atoms with Gasteiger partial charge in [-0.15, -0.1) is 0 Å². The molecule has 4 N–H and O–H groups in total. The van der Waals surface area contributed by atoms with Gasteiger partial charge in [0.15, 0.2) is 0 Å². The van der Waals surface area contributed by atoms with Crippen LogP contribution in [0.4, 0.5) is 11.6 Å². The highest BCUT2D eigenvalue weighted by molar-refractivity contribution is 7.89. The second-order valence-corrected chi connectivity index (χ2v) is 8.21. The van der Waals surface area contributed by atoms with Gasteiger partial charge < -0.3 is 15.4 Å². The molecule has 0 radical (unpaired) electrons. The zero-order valence-corrected chi connectivity index (χ0v) is 15.9. The number of benzene rings is 2. The van der Waals surface area contributed by atoms with Crippen LogP contribution in [0.1, 0.15) is 12.8 Å². The number of ether oxygens (including phenoxy) is 1. The summed E-state index contributed by atoms with van der Waals surface area (Å²) in [6, 6.07) is 12.0. The summed E-state index contributed by atoms with van der Waals surface area (Å²) in [5.41, 5.74) is 1.24. The van der Waals surface area contributed by atoms with Crippen LogP contribution in [0.3, 0.4) is 0 Å². The van der Waals surface area contributed by atoms with E-state index in [1.54, 1.807) is 18.3 Å². The van der Waals surface area contributed by atoms with Crippen molar-refractivity contribution in [3.8, 4) is 5.75 Å². The fourth-order valence-corrected chi connectivity index (χ4v) is 3.72. The number of piperidine rings is 1. The first-order valence-corrected chi connectivity index (χ1v) is 10.6. The third-order valence-electron chi connectivity index (χ3n) is 4.57. The summed E-state index contributed by atoms with van der Waals surface area (Å²) in [6.07, 6.45) is 3.77. The van der Waals surface area contributed by atoms with Crippen molar-refractivity contribution in [2.24, 2.45) is 5.14 Å². The van der Waals surface area contributed by atoms with Gasteiger partial charge in [0.05, 0.1) is 4.90 Å². The third kappa shape index (κ3) is 4.22. The van der Waals surface area contributed by atoms with Crippen molar-refractivity contribution in [1.29, 1.82) is 0 Å².